The number of carbonyl (C=O) groups excluding carboxylic acids is 1. The molecule has 124 valence electrons. The molecule has 0 saturated carbocycles. The van der Waals surface area contributed by atoms with Gasteiger partial charge in [-0.15, -0.1) is 11.3 Å². The molecule has 0 atom stereocenters. The largest absolute Gasteiger partial charge is 0.355 e. The Hall–Kier alpha value is -1.14. The lowest BCUT2D eigenvalue weighted by Gasteiger charge is -2.12. The van der Waals surface area contributed by atoms with Gasteiger partial charge in [-0.25, -0.2) is 9.97 Å². The van der Waals surface area contributed by atoms with Crippen LogP contribution < -0.4 is 5.32 Å². The van der Waals surface area contributed by atoms with Gasteiger partial charge < -0.3 is 5.32 Å². The molecule has 0 spiro atoms. The predicted octanol–water partition coefficient (Wildman–Crippen LogP) is 3.74. The average Bonchev–Trinajstić information content (AvgIpc) is 2.88. The van der Waals surface area contributed by atoms with E-state index in [1.807, 2.05) is 18.3 Å². The summed E-state index contributed by atoms with van der Waals surface area (Å²) in [4.78, 5) is 23.8. The van der Waals surface area contributed by atoms with E-state index >= 15 is 0 Å². The molecule has 0 bridgehead atoms. The Morgan fingerprint density at radius 3 is 2.87 bits per heavy atom. The van der Waals surface area contributed by atoms with Crippen LogP contribution in [0.4, 0.5) is 0 Å². The van der Waals surface area contributed by atoms with Crippen molar-refractivity contribution in [2.45, 2.75) is 51.5 Å². The van der Waals surface area contributed by atoms with Gasteiger partial charge in [0, 0.05) is 16.8 Å². The number of carbonyl (C=O) groups is 1. The first-order valence-corrected chi connectivity index (χ1v) is 10.0. The Morgan fingerprint density at radius 2 is 2.09 bits per heavy atom. The number of thiophene rings is 1. The van der Waals surface area contributed by atoms with Crippen LogP contribution in [0.2, 0.25) is 0 Å². The molecule has 6 heteroatoms. The lowest BCUT2D eigenvalue weighted by atomic mass is 9.97. The van der Waals surface area contributed by atoms with Crippen LogP contribution in [0, 0.1) is 12.8 Å². The van der Waals surface area contributed by atoms with Gasteiger partial charge in [0.25, 0.3) is 0 Å². The number of aromatic nitrogens is 2. The second-order valence-corrected chi connectivity index (χ2v) is 8.50. The standard InChI is InChI=1S/C17H23N3OS2/c1-10(2)8-18-14(21)9-22-16-15-12-6-4-5-7-13(12)23-17(15)20-11(3)19-16/h10H,4-9H2,1-3H3,(H,18,21). The molecule has 1 N–H and O–H groups in total. The zero-order chi connectivity index (χ0) is 16.4. The number of fused-ring (bicyclic) bond motifs is 3. The first-order valence-electron chi connectivity index (χ1n) is 8.23. The highest BCUT2D eigenvalue weighted by atomic mass is 32.2. The van der Waals surface area contributed by atoms with Gasteiger partial charge in [-0.2, -0.15) is 0 Å². The van der Waals surface area contributed by atoms with Crippen LogP contribution in [0.5, 0.6) is 0 Å². The summed E-state index contributed by atoms with van der Waals surface area (Å²) in [7, 11) is 0. The quantitative estimate of drug-likeness (QED) is 0.660. The van der Waals surface area contributed by atoms with Crippen LogP contribution in [-0.2, 0) is 17.6 Å². The number of rotatable bonds is 5. The van der Waals surface area contributed by atoms with E-state index in [0.717, 1.165) is 35.1 Å². The molecule has 1 amide bonds. The monoisotopic (exact) mass is 349 g/mol. The second-order valence-electron chi connectivity index (χ2n) is 6.45. The van der Waals surface area contributed by atoms with Gasteiger partial charge in [-0.1, -0.05) is 25.6 Å². The number of nitrogens with one attached hydrogen (secondary N) is 1. The normalized spacial score (nSPS) is 14.3. The minimum Gasteiger partial charge on any atom is -0.355 e. The third kappa shape index (κ3) is 3.86. The number of thioether (sulfide) groups is 1. The van der Waals surface area contributed by atoms with Crippen molar-refractivity contribution in [3.8, 4) is 0 Å². The highest BCUT2D eigenvalue weighted by molar-refractivity contribution is 8.00. The van der Waals surface area contributed by atoms with E-state index in [2.05, 4.69) is 29.1 Å². The van der Waals surface area contributed by atoms with Crippen molar-refractivity contribution in [3.63, 3.8) is 0 Å². The highest BCUT2D eigenvalue weighted by Crippen LogP contribution is 2.39. The maximum atomic E-state index is 12.0. The van der Waals surface area contributed by atoms with E-state index in [0.29, 0.717) is 11.7 Å². The summed E-state index contributed by atoms with van der Waals surface area (Å²) in [5, 5.41) is 5.15. The summed E-state index contributed by atoms with van der Waals surface area (Å²) >= 11 is 3.36. The molecular formula is C17H23N3OS2. The molecule has 2 heterocycles. The van der Waals surface area contributed by atoms with Gasteiger partial charge in [0.2, 0.25) is 5.91 Å². The maximum absolute atomic E-state index is 12.0. The van der Waals surface area contributed by atoms with E-state index in [1.54, 1.807) is 11.8 Å². The highest BCUT2D eigenvalue weighted by Gasteiger charge is 2.21. The second kappa shape index (κ2) is 7.18. The SMILES string of the molecule is Cc1nc(SCC(=O)NCC(C)C)c2c3c(sc2n1)CCCC3. The van der Waals surface area contributed by atoms with Crippen molar-refractivity contribution < 1.29 is 4.79 Å². The summed E-state index contributed by atoms with van der Waals surface area (Å²) in [6.45, 7) is 6.86. The zero-order valence-corrected chi connectivity index (χ0v) is 15.6. The van der Waals surface area contributed by atoms with Gasteiger partial charge in [-0.3, -0.25) is 4.79 Å². The first-order chi connectivity index (χ1) is 11.0. The molecule has 0 unspecified atom stereocenters. The van der Waals surface area contributed by atoms with E-state index in [9.17, 15) is 4.79 Å². The molecule has 2 aromatic heterocycles. The van der Waals surface area contributed by atoms with Crippen molar-refractivity contribution >= 4 is 39.2 Å². The Bertz CT molecular complexity index is 724. The summed E-state index contributed by atoms with van der Waals surface area (Å²) < 4.78 is 0. The number of amides is 1. The Kier molecular flexibility index (Phi) is 5.21. The van der Waals surface area contributed by atoms with Crippen molar-refractivity contribution in [1.82, 2.24) is 15.3 Å². The molecule has 1 aliphatic rings. The van der Waals surface area contributed by atoms with Crippen LogP contribution in [-0.4, -0.2) is 28.2 Å². The fourth-order valence-electron chi connectivity index (χ4n) is 2.83. The van der Waals surface area contributed by atoms with Gasteiger partial charge >= 0.3 is 0 Å². The van der Waals surface area contributed by atoms with Crippen LogP contribution in [0.3, 0.4) is 0 Å². The Labute approximate surface area is 145 Å². The molecule has 0 aliphatic heterocycles. The summed E-state index contributed by atoms with van der Waals surface area (Å²) in [5.74, 6) is 1.77. The fraction of sp³-hybridized carbons (Fsp3) is 0.588. The first kappa shape index (κ1) is 16.7. The molecule has 2 aromatic rings. The molecule has 0 saturated heterocycles. The summed E-state index contributed by atoms with van der Waals surface area (Å²) in [6.07, 6.45) is 4.79. The smallest absolute Gasteiger partial charge is 0.230 e. The third-order valence-electron chi connectivity index (χ3n) is 3.94. The third-order valence-corrected chi connectivity index (χ3v) is 6.10. The topological polar surface area (TPSA) is 54.9 Å². The number of hydrogen-bond acceptors (Lipinski definition) is 5. The van der Waals surface area contributed by atoms with Crippen LogP contribution in [0.1, 0.15) is 43.0 Å². The lowest BCUT2D eigenvalue weighted by Crippen LogP contribution is -2.28. The molecule has 0 radical (unpaired) electrons. The molecule has 4 nitrogen and oxygen atoms in total. The number of hydrogen-bond donors (Lipinski definition) is 1. The molecule has 23 heavy (non-hydrogen) atoms. The van der Waals surface area contributed by atoms with E-state index in [-0.39, 0.29) is 5.91 Å². The average molecular weight is 350 g/mol. The maximum Gasteiger partial charge on any atom is 0.230 e. The Balaban J connectivity index is 1.82. The zero-order valence-electron chi connectivity index (χ0n) is 13.9. The van der Waals surface area contributed by atoms with E-state index in [4.69, 9.17) is 0 Å². The van der Waals surface area contributed by atoms with Crippen LogP contribution >= 0.6 is 23.1 Å². The van der Waals surface area contributed by atoms with Crippen molar-refractivity contribution in [1.29, 1.82) is 0 Å². The van der Waals surface area contributed by atoms with Gasteiger partial charge in [0.05, 0.1) is 5.75 Å². The van der Waals surface area contributed by atoms with E-state index in [1.165, 1.54) is 28.7 Å². The molecule has 0 aromatic carbocycles. The van der Waals surface area contributed by atoms with Crippen LogP contribution in [0.25, 0.3) is 10.2 Å². The minimum atomic E-state index is 0.0808. The summed E-state index contributed by atoms with van der Waals surface area (Å²) in [5.41, 5.74) is 1.43. The van der Waals surface area contributed by atoms with Gasteiger partial charge in [-0.05, 0) is 44.1 Å². The fourth-order valence-corrected chi connectivity index (χ4v) is 5.14. The molecule has 0 fully saturated rings. The number of nitrogens with zero attached hydrogens (tertiary/aromatic N) is 2. The van der Waals surface area contributed by atoms with Crippen molar-refractivity contribution in [2.75, 3.05) is 12.3 Å². The molecular weight excluding hydrogens is 326 g/mol. The Morgan fingerprint density at radius 1 is 1.30 bits per heavy atom. The lowest BCUT2D eigenvalue weighted by molar-refractivity contribution is -0.118. The van der Waals surface area contributed by atoms with Gasteiger partial charge in [0.1, 0.15) is 15.7 Å². The summed E-state index contributed by atoms with van der Waals surface area (Å²) in [6, 6.07) is 0. The molecule has 1 aliphatic carbocycles. The van der Waals surface area contributed by atoms with Crippen molar-refractivity contribution in [2.24, 2.45) is 5.92 Å². The number of aryl methyl sites for hydroxylation is 3. The predicted molar refractivity (Wildman–Crippen MR) is 97.4 cm³/mol. The van der Waals surface area contributed by atoms with Crippen LogP contribution in [0.15, 0.2) is 5.03 Å². The van der Waals surface area contributed by atoms with E-state index < -0.39 is 0 Å². The van der Waals surface area contributed by atoms with Crippen molar-refractivity contribution in [3.05, 3.63) is 16.3 Å². The minimum absolute atomic E-state index is 0.0808. The molecule has 3 rings (SSSR count). The van der Waals surface area contributed by atoms with Gasteiger partial charge in [0.15, 0.2) is 0 Å².